The highest BCUT2D eigenvalue weighted by Crippen LogP contribution is 2.25. The van der Waals surface area contributed by atoms with Crippen LogP contribution in [-0.4, -0.2) is 14.0 Å². The van der Waals surface area contributed by atoms with Gasteiger partial charge >= 0.3 is 0 Å². The molecule has 1 aromatic carbocycles. The van der Waals surface area contributed by atoms with E-state index in [1.807, 2.05) is 19.9 Å². The normalized spacial score (nSPS) is 12.8. The lowest BCUT2D eigenvalue weighted by molar-refractivity contribution is 0.108. The van der Waals surface area contributed by atoms with E-state index in [0.717, 1.165) is 11.1 Å². The molecule has 0 aliphatic rings. The molecule has 94 valence electrons. The predicted octanol–water partition coefficient (Wildman–Crippen LogP) is 3.22. The van der Waals surface area contributed by atoms with Gasteiger partial charge in [-0.1, -0.05) is 19.9 Å². The summed E-state index contributed by atoms with van der Waals surface area (Å²) in [5.74, 6) is 0.247. The number of carbonyl (C=O) groups excluding carboxylic acids is 1. The maximum atomic E-state index is 11.2. The zero-order chi connectivity index (χ0) is 13.2. The fourth-order valence-corrected chi connectivity index (χ4v) is 2.50. The molecular formula is C12H15ClO3S. The van der Waals surface area contributed by atoms with Gasteiger partial charge in [0.2, 0.25) is 0 Å². The molecule has 17 heavy (non-hydrogen) atoms. The van der Waals surface area contributed by atoms with Crippen LogP contribution in [-0.2, 0) is 16.8 Å². The third kappa shape index (κ3) is 3.63. The van der Waals surface area contributed by atoms with Crippen LogP contribution in [0.1, 0.15) is 46.8 Å². The van der Waals surface area contributed by atoms with Crippen molar-refractivity contribution in [3.63, 3.8) is 0 Å². The molecule has 1 rings (SSSR count). The summed E-state index contributed by atoms with van der Waals surface area (Å²) in [6.45, 7) is 5.81. The molecule has 0 saturated heterocycles. The van der Waals surface area contributed by atoms with Crippen LogP contribution in [0.4, 0.5) is 0 Å². The van der Waals surface area contributed by atoms with E-state index in [4.69, 9.17) is 16.2 Å². The first kappa shape index (κ1) is 14.4. The van der Waals surface area contributed by atoms with Crippen LogP contribution in [0.5, 0.6) is 0 Å². The molecule has 3 nitrogen and oxygen atoms in total. The Morgan fingerprint density at radius 3 is 2.47 bits per heavy atom. The largest absolute Gasteiger partial charge is 0.306 e. The van der Waals surface area contributed by atoms with Gasteiger partial charge in [0.05, 0.1) is 5.75 Å². The summed E-state index contributed by atoms with van der Waals surface area (Å²) in [4.78, 5) is 11.2. The summed E-state index contributed by atoms with van der Waals surface area (Å²) in [6, 6.07) is 3.48. The van der Waals surface area contributed by atoms with Crippen molar-refractivity contribution in [1.29, 1.82) is 0 Å². The molecule has 1 atom stereocenters. The number of aryl methyl sites for hydroxylation is 1. The Balaban J connectivity index is 3.36. The molecule has 5 heteroatoms. The van der Waals surface area contributed by atoms with Gasteiger partial charge in [0.15, 0.2) is 11.1 Å². The second-order valence-corrected chi connectivity index (χ2v) is 5.54. The topological polar surface area (TPSA) is 54.4 Å². The molecule has 0 radical (unpaired) electrons. The van der Waals surface area contributed by atoms with Crippen LogP contribution in [0.3, 0.4) is 0 Å². The van der Waals surface area contributed by atoms with Crippen molar-refractivity contribution < 1.29 is 13.6 Å². The Hall–Kier alpha value is -0.710. The Kier molecular flexibility index (Phi) is 4.86. The van der Waals surface area contributed by atoms with Crippen LogP contribution >= 0.6 is 11.6 Å². The van der Waals surface area contributed by atoms with E-state index in [1.54, 1.807) is 13.0 Å². The molecule has 0 fully saturated rings. The van der Waals surface area contributed by atoms with Crippen molar-refractivity contribution >= 4 is 27.9 Å². The summed E-state index contributed by atoms with van der Waals surface area (Å²) < 4.78 is 19.9. The summed E-state index contributed by atoms with van der Waals surface area (Å²) in [5, 5.41) is -0.539. The first-order chi connectivity index (χ1) is 7.82. The van der Waals surface area contributed by atoms with Crippen molar-refractivity contribution in [3.05, 3.63) is 34.4 Å². The van der Waals surface area contributed by atoms with Gasteiger partial charge in [-0.05, 0) is 47.2 Å². The molecule has 0 spiro atoms. The van der Waals surface area contributed by atoms with Crippen LogP contribution in [0.25, 0.3) is 0 Å². The average molecular weight is 275 g/mol. The number of halogens is 1. The Morgan fingerprint density at radius 2 is 2.06 bits per heavy atom. The third-order valence-corrected chi connectivity index (χ3v) is 3.36. The van der Waals surface area contributed by atoms with Crippen LogP contribution < -0.4 is 0 Å². The molecule has 0 bridgehead atoms. The zero-order valence-electron chi connectivity index (χ0n) is 9.99. The SMILES string of the molecule is Cc1cc(C(C)C)c(CS(=O)O)cc1C(=O)Cl. The van der Waals surface area contributed by atoms with Crippen LogP contribution in [0.2, 0.25) is 0 Å². The first-order valence-electron chi connectivity index (χ1n) is 5.23. The lowest BCUT2D eigenvalue weighted by Crippen LogP contribution is -2.05. The Labute approximate surface area is 108 Å². The second-order valence-electron chi connectivity index (χ2n) is 4.26. The molecule has 0 aromatic heterocycles. The smallest absolute Gasteiger partial charge is 0.252 e. The monoisotopic (exact) mass is 274 g/mol. The van der Waals surface area contributed by atoms with E-state index in [0.29, 0.717) is 11.1 Å². The van der Waals surface area contributed by atoms with Crippen molar-refractivity contribution in [1.82, 2.24) is 0 Å². The molecule has 0 aliphatic carbocycles. The average Bonchev–Trinajstić information content (AvgIpc) is 2.18. The van der Waals surface area contributed by atoms with Crippen LogP contribution in [0, 0.1) is 6.92 Å². The number of rotatable bonds is 4. The standard InChI is InChI=1S/C12H15ClO3S/c1-7(2)10-4-8(3)11(12(13)14)5-9(10)6-17(15)16/h4-5,7H,6H2,1-3H3,(H,15,16). The molecular weight excluding hydrogens is 260 g/mol. The molecule has 1 aromatic rings. The summed E-state index contributed by atoms with van der Waals surface area (Å²) >= 11 is 3.55. The minimum Gasteiger partial charge on any atom is -0.306 e. The van der Waals surface area contributed by atoms with Gasteiger partial charge in [-0.3, -0.25) is 4.79 Å². The minimum absolute atomic E-state index is 0.0188. The maximum Gasteiger partial charge on any atom is 0.252 e. The lowest BCUT2D eigenvalue weighted by atomic mass is 9.93. The summed E-state index contributed by atoms with van der Waals surface area (Å²) in [6.07, 6.45) is 0. The van der Waals surface area contributed by atoms with Crippen molar-refractivity contribution in [3.8, 4) is 0 Å². The third-order valence-electron chi connectivity index (χ3n) is 2.60. The van der Waals surface area contributed by atoms with Gasteiger partial charge < -0.3 is 4.55 Å². The number of carbonyl (C=O) groups is 1. The maximum absolute atomic E-state index is 11.2. The predicted molar refractivity (Wildman–Crippen MR) is 69.9 cm³/mol. The van der Waals surface area contributed by atoms with E-state index in [2.05, 4.69) is 0 Å². The van der Waals surface area contributed by atoms with E-state index in [-0.39, 0.29) is 11.7 Å². The number of hydrogen-bond donors (Lipinski definition) is 1. The molecule has 0 aliphatic heterocycles. The van der Waals surface area contributed by atoms with Gasteiger partial charge in [-0.25, -0.2) is 4.21 Å². The Morgan fingerprint density at radius 1 is 1.47 bits per heavy atom. The number of benzene rings is 1. The van der Waals surface area contributed by atoms with Gasteiger partial charge in [-0.15, -0.1) is 0 Å². The fourth-order valence-electron chi connectivity index (χ4n) is 1.78. The van der Waals surface area contributed by atoms with Gasteiger partial charge in [0.25, 0.3) is 5.24 Å². The Bertz CT molecular complexity index is 469. The van der Waals surface area contributed by atoms with E-state index in [9.17, 15) is 9.00 Å². The van der Waals surface area contributed by atoms with E-state index in [1.165, 1.54) is 0 Å². The molecule has 1 unspecified atom stereocenters. The highest BCUT2D eigenvalue weighted by molar-refractivity contribution is 7.78. The summed E-state index contributed by atoms with van der Waals surface area (Å²) in [7, 11) is 0. The summed E-state index contributed by atoms with van der Waals surface area (Å²) in [5.41, 5.74) is 2.87. The van der Waals surface area contributed by atoms with Gasteiger partial charge in [0, 0.05) is 5.56 Å². The van der Waals surface area contributed by atoms with Gasteiger partial charge in [-0.2, -0.15) is 0 Å². The van der Waals surface area contributed by atoms with E-state index >= 15 is 0 Å². The second kappa shape index (κ2) is 5.76. The van der Waals surface area contributed by atoms with Gasteiger partial charge in [0.1, 0.15) is 0 Å². The van der Waals surface area contributed by atoms with E-state index < -0.39 is 16.3 Å². The molecule has 0 saturated carbocycles. The van der Waals surface area contributed by atoms with Crippen LogP contribution in [0.15, 0.2) is 12.1 Å². The highest BCUT2D eigenvalue weighted by Gasteiger charge is 2.15. The highest BCUT2D eigenvalue weighted by atomic mass is 35.5. The quantitative estimate of drug-likeness (QED) is 0.677. The van der Waals surface area contributed by atoms with Crippen molar-refractivity contribution in [2.24, 2.45) is 0 Å². The molecule has 0 amide bonds. The van der Waals surface area contributed by atoms with Crippen molar-refractivity contribution in [2.75, 3.05) is 0 Å². The first-order valence-corrected chi connectivity index (χ1v) is 6.89. The molecule has 1 N–H and O–H groups in total. The van der Waals surface area contributed by atoms with Crippen molar-refractivity contribution in [2.45, 2.75) is 32.4 Å². The minimum atomic E-state index is -1.93. The number of hydrogen-bond acceptors (Lipinski definition) is 2. The lowest BCUT2D eigenvalue weighted by Gasteiger charge is -2.14. The fraction of sp³-hybridized carbons (Fsp3) is 0.417. The molecule has 0 heterocycles. The zero-order valence-corrected chi connectivity index (χ0v) is 11.6.